The molecule has 0 bridgehead atoms. The molecule has 24 heavy (non-hydrogen) atoms. The lowest BCUT2D eigenvalue weighted by molar-refractivity contribution is -0.121. The molecule has 2 amide bonds. The second kappa shape index (κ2) is 8.71. The molecule has 0 heterocycles. The molecule has 0 spiro atoms. The third-order valence-electron chi connectivity index (χ3n) is 3.56. The van der Waals surface area contributed by atoms with Crippen LogP contribution in [-0.4, -0.2) is 11.8 Å². The van der Waals surface area contributed by atoms with Crippen LogP contribution in [0.4, 0.5) is 0 Å². The van der Waals surface area contributed by atoms with Gasteiger partial charge in [-0.1, -0.05) is 47.5 Å². The molecule has 2 aromatic carbocycles. The molecule has 0 aliphatic heterocycles. The quantitative estimate of drug-likeness (QED) is 0.785. The number of aryl methyl sites for hydroxylation is 2. The minimum absolute atomic E-state index is 0.239. The number of nitrogens with one attached hydrogen (secondary N) is 2. The van der Waals surface area contributed by atoms with Crippen molar-refractivity contribution in [1.29, 1.82) is 0 Å². The van der Waals surface area contributed by atoms with Gasteiger partial charge in [0.05, 0.1) is 10.0 Å². The first-order chi connectivity index (χ1) is 11.5. The van der Waals surface area contributed by atoms with Gasteiger partial charge in [-0.2, -0.15) is 0 Å². The van der Waals surface area contributed by atoms with Crippen LogP contribution in [0, 0.1) is 6.92 Å². The Morgan fingerprint density at radius 2 is 1.75 bits per heavy atom. The molecule has 0 saturated carbocycles. The molecule has 2 N–H and O–H groups in total. The molecule has 6 heteroatoms. The lowest BCUT2D eigenvalue weighted by Crippen LogP contribution is -2.41. The van der Waals surface area contributed by atoms with Crippen LogP contribution < -0.4 is 10.9 Å². The molecule has 0 fully saturated rings. The van der Waals surface area contributed by atoms with Crippen LogP contribution in [0.15, 0.2) is 42.5 Å². The van der Waals surface area contributed by atoms with Crippen LogP contribution in [0.3, 0.4) is 0 Å². The highest BCUT2D eigenvalue weighted by Crippen LogP contribution is 2.23. The van der Waals surface area contributed by atoms with Gasteiger partial charge in [0, 0.05) is 12.0 Å². The minimum Gasteiger partial charge on any atom is -0.273 e. The summed E-state index contributed by atoms with van der Waals surface area (Å²) in [4.78, 5) is 23.8. The van der Waals surface area contributed by atoms with E-state index in [1.807, 2.05) is 25.1 Å². The zero-order chi connectivity index (χ0) is 17.5. The first-order valence-corrected chi connectivity index (χ1v) is 8.31. The maximum absolute atomic E-state index is 12.0. The Morgan fingerprint density at radius 1 is 1.00 bits per heavy atom. The fourth-order valence-electron chi connectivity index (χ4n) is 2.23. The van der Waals surface area contributed by atoms with Gasteiger partial charge < -0.3 is 0 Å². The van der Waals surface area contributed by atoms with Crippen molar-refractivity contribution in [3.63, 3.8) is 0 Å². The number of amides is 2. The molecule has 0 atom stereocenters. The van der Waals surface area contributed by atoms with E-state index in [2.05, 4.69) is 10.9 Å². The highest BCUT2D eigenvalue weighted by molar-refractivity contribution is 6.42. The summed E-state index contributed by atoms with van der Waals surface area (Å²) in [6.45, 7) is 1.84. The van der Waals surface area contributed by atoms with Gasteiger partial charge in [0.1, 0.15) is 0 Å². The van der Waals surface area contributed by atoms with Crippen molar-refractivity contribution >= 4 is 35.0 Å². The molecule has 2 aromatic rings. The fraction of sp³-hybridized carbons (Fsp3) is 0.222. The van der Waals surface area contributed by atoms with E-state index in [-0.39, 0.29) is 11.8 Å². The summed E-state index contributed by atoms with van der Waals surface area (Å²) >= 11 is 11.8. The van der Waals surface area contributed by atoms with Crippen LogP contribution >= 0.6 is 23.2 Å². The van der Waals surface area contributed by atoms with Gasteiger partial charge >= 0.3 is 0 Å². The molecule has 126 valence electrons. The zero-order valence-corrected chi connectivity index (χ0v) is 14.7. The van der Waals surface area contributed by atoms with Crippen LogP contribution in [0.25, 0.3) is 0 Å². The Labute approximate surface area is 151 Å². The second-order valence-corrected chi connectivity index (χ2v) is 6.23. The predicted octanol–water partition coefficient (Wildman–Crippen LogP) is 4.09. The van der Waals surface area contributed by atoms with Crippen LogP contribution in [0.1, 0.15) is 34.3 Å². The smallest absolute Gasteiger partial charge is 0.269 e. The third-order valence-corrected chi connectivity index (χ3v) is 4.30. The zero-order valence-electron chi connectivity index (χ0n) is 13.2. The van der Waals surface area contributed by atoms with Crippen molar-refractivity contribution in [2.45, 2.75) is 26.2 Å². The Hall–Kier alpha value is -2.04. The Bertz CT molecular complexity index is 748. The summed E-state index contributed by atoms with van der Waals surface area (Å²) in [6, 6.07) is 12.6. The van der Waals surface area contributed by atoms with Crippen molar-refractivity contribution in [3.05, 3.63) is 69.2 Å². The molecule has 0 aliphatic carbocycles. The Kier molecular flexibility index (Phi) is 6.64. The lowest BCUT2D eigenvalue weighted by atomic mass is 10.1. The van der Waals surface area contributed by atoms with Gasteiger partial charge in [-0.05, 0) is 49.1 Å². The van der Waals surface area contributed by atoms with Gasteiger partial charge in [0.25, 0.3) is 5.91 Å². The number of carbonyl (C=O) groups is 2. The summed E-state index contributed by atoms with van der Waals surface area (Å²) in [5, 5.41) is 1.01. The molecule has 0 unspecified atom stereocenters. The van der Waals surface area contributed by atoms with E-state index < -0.39 is 0 Å². The predicted molar refractivity (Wildman–Crippen MR) is 96.2 cm³/mol. The molecule has 2 rings (SSSR count). The van der Waals surface area contributed by atoms with Gasteiger partial charge in [0.15, 0.2) is 0 Å². The number of rotatable bonds is 5. The van der Waals surface area contributed by atoms with E-state index in [0.717, 1.165) is 11.1 Å². The van der Waals surface area contributed by atoms with Crippen molar-refractivity contribution < 1.29 is 9.59 Å². The summed E-state index contributed by atoms with van der Waals surface area (Å²) in [5.41, 5.74) is 7.26. The minimum atomic E-state index is -0.328. The largest absolute Gasteiger partial charge is 0.273 e. The van der Waals surface area contributed by atoms with E-state index in [9.17, 15) is 9.59 Å². The second-order valence-electron chi connectivity index (χ2n) is 5.42. The van der Waals surface area contributed by atoms with E-state index in [0.29, 0.717) is 34.9 Å². The maximum Gasteiger partial charge on any atom is 0.269 e. The fourth-order valence-corrected chi connectivity index (χ4v) is 2.55. The average molecular weight is 365 g/mol. The Morgan fingerprint density at radius 3 is 2.46 bits per heavy atom. The molecule has 0 radical (unpaired) electrons. The van der Waals surface area contributed by atoms with Gasteiger partial charge in [-0.15, -0.1) is 0 Å². The topological polar surface area (TPSA) is 58.2 Å². The summed E-state index contributed by atoms with van der Waals surface area (Å²) in [6.07, 6.45) is 1.65. The molecular formula is C18H18Cl2N2O2. The van der Waals surface area contributed by atoms with E-state index in [4.69, 9.17) is 23.2 Å². The van der Waals surface area contributed by atoms with Crippen molar-refractivity contribution in [2.75, 3.05) is 0 Å². The first kappa shape index (κ1) is 18.3. The van der Waals surface area contributed by atoms with Gasteiger partial charge in [0.2, 0.25) is 5.91 Å². The van der Waals surface area contributed by atoms with Crippen LogP contribution in [-0.2, 0) is 11.2 Å². The number of benzene rings is 2. The van der Waals surface area contributed by atoms with E-state index in [1.54, 1.807) is 24.3 Å². The highest BCUT2D eigenvalue weighted by atomic mass is 35.5. The molecule has 0 saturated heterocycles. The standard InChI is InChI=1S/C18H18Cl2N2O2/c1-12-5-2-3-7-14(12)18(24)22-21-17(23)8-4-6-13-9-10-15(19)16(20)11-13/h2-3,5,7,9-11H,4,6,8H2,1H3,(H,21,23)(H,22,24). The number of carbonyl (C=O) groups excluding carboxylic acids is 2. The van der Waals surface area contributed by atoms with Crippen LogP contribution in [0.2, 0.25) is 10.0 Å². The van der Waals surface area contributed by atoms with Gasteiger partial charge in [-0.3, -0.25) is 20.4 Å². The van der Waals surface area contributed by atoms with Gasteiger partial charge in [-0.25, -0.2) is 0 Å². The van der Waals surface area contributed by atoms with Crippen molar-refractivity contribution in [2.24, 2.45) is 0 Å². The van der Waals surface area contributed by atoms with Crippen molar-refractivity contribution in [3.8, 4) is 0 Å². The number of hydrogen-bond acceptors (Lipinski definition) is 2. The van der Waals surface area contributed by atoms with E-state index >= 15 is 0 Å². The normalized spacial score (nSPS) is 10.3. The monoisotopic (exact) mass is 364 g/mol. The number of hydrazine groups is 1. The summed E-state index contributed by atoms with van der Waals surface area (Å²) in [7, 11) is 0. The maximum atomic E-state index is 12.0. The summed E-state index contributed by atoms with van der Waals surface area (Å²) < 4.78 is 0. The average Bonchev–Trinajstić information content (AvgIpc) is 2.56. The molecule has 4 nitrogen and oxygen atoms in total. The van der Waals surface area contributed by atoms with Crippen LogP contribution in [0.5, 0.6) is 0 Å². The molecular weight excluding hydrogens is 347 g/mol. The first-order valence-electron chi connectivity index (χ1n) is 7.56. The SMILES string of the molecule is Cc1ccccc1C(=O)NNC(=O)CCCc1ccc(Cl)c(Cl)c1. The number of halogens is 2. The third kappa shape index (κ3) is 5.25. The number of hydrogen-bond donors (Lipinski definition) is 2. The lowest BCUT2D eigenvalue weighted by Gasteiger charge is -2.09. The Balaban J connectivity index is 1.74. The van der Waals surface area contributed by atoms with E-state index in [1.165, 1.54) is 0 Å². The molecule has 0 aliphatic rings. The van der Waals surface area contributed by atoms with Crippen molar-refractivity contribution in [1.82, 2.24) is 10.9 Å². The highest BCUT2D eigenvalue weighted by Gasteiger charge is 2.09. The molecule has 0 aromatic heterocycles. The summed E-state index contributed by atoms with van der Waals surface area (Å²) in [5.74, 6) is -0.567.